The molecule has 4 N–H and O–H groups in total. The third-order valence-electron chi connectivity index (χ3n) is 2.99. The van der Waals surface area contributed by atoms with Crippen LogP contribution in [-0.4, -0.2) is 24.9 Å². The molecule has 1 aromatic carbocycles. The van der Waals surface area contributed by atoms with E-state index < -0.39 is 6.04 Å². The zero-order valence-electron chi connectivity index (χ0n) is 11.8. The van der Waals surface area contributed by atoms with Crippen LogP contribution >= 0.6 is 0 Å². The Hall–Kier alpha value is -1.88. The Labute approximate surface area is 113 Å². The van der Waals surface area contributed by atoms with Crippen LogP contribution < -0.4 is 16.4 Å². The van der Waals surface area contributed by atoms with Crippen LogP contribution in [0.3, 0.4) is 0 Å². The number of anilines is 1. The van der Waals surface area contributed by atoms with Gasteiger partial charge in [-0.25, -0.2) is 0 Å². The fourth-order valence-electron chi connectivity index (χ4n) is 1.61. The van der Waals surface area contributed by atoms with Gasteiger partial charge in [0.1, 0.15) is 0 Å². The predicted molar refractivity (Wildman–Crippen MR) is 76.0 cm³/mol. The van der Waals surface area contributed by atoms with Crippen molar-refractivity contribution in [1.82, 2.24) is 5.32 Å². The second kappa shape index (κ2) is 6.33. The number of benzene rings is 1. The number of hydrogen-bond acceptors (Lipinski definition) is 3. The summed E-state index contributed by atoms with van der Waals surface area (Å²) in [6, 6.07) is 4.57. The third kappa shape index (κ3) is 3.79. The van der Waals surface area contributed by atoms with E-state index in [1.807, 2.05) is 20.8 Å². The molecule has 1 atom stereocenters. The Morgan fingerprint density at radius 3 is 2.37 bits per heavy atom. The van der Waals surface area contributed by atoms with Crippen molar-refractivity contribution in [3.63, 3.8) is 0 Å². The van der Waals surface area contributed by atoms with E-state index in [1.165, 1.54) is 0 Å². The molecule has 0 heterocycles. The lowest BCUT2D eigenvalue weighted by Crippen LogP contribution is -2.39. The number of aryl methyl sites for hydroxylation is 1. The Morgan fingerprint density at radius 2 is 1.89 bits per heavy atom. The number of rotatable bonds is 4. The molecule has 0 aromatic heterocycles. The van der Waals surface area contributed by atoms with E-state index in [1.54, 1.807) is 25.2 Å². The molecular weight excluding hydrogens is 242 g/mol. The quantitative estimate of drug-likeness (QED) is 0.765. The molecule has 0 bridgehead atoms. The highest BCUT2D eigenvalue weighted by molar-refractivity contribution is 5.97. The summed E-state index contributed by atoms with van der Waals surface area (Å²) in [5, 5.41) is 5.34. The Bertz CT molecular complexity index is 484. The zero-order valence-corrected chi connectivity index (χ0v) is 11.8. The molecule has 0 unspecified atom stereocenters. The van der Waals surface area contributed by atoms with Crippen molar-refractivity contribution >= 4 is 17.5 Å². The standard InChI is InChI=1S/C14H21N3O2/c1-8(2)12(15)14(19)17-11-6-5-10(7-9(11)3)13(18)16-4/h5-8,12H,15H2,1-4H3,(H,16,18)(H,17,19)/t12-/m1/s1. The number of carbonyl (C=O) groups excluding carboxylic acids is 2. The molecule has 0 radical (unpaired) electrons. The number of nitrogens with two attached hydrogens (primary N) is 1. The van der Waals surface area contributed by atoms with Gasteiger partial charge in [-0.3, -0.25) is 9.59 Å². The molecule has 0 aliphatic heterocycles. The molecule has 104 valence electrons. The number of amides is 2. The van der Waals surface area contributed by atoms with Gasteiger partial charge in [-0.2, -0.15) is 0 Å². The van der Waals surface area contributed by atoms with Crippen molar-refractivity contribution in [2.24, 2.45) is 11.7 Å². The van der Waals surface area contributed by atoms with Crippen molar-refractivity contribution in [1.29, 1.82) is 0 Å². The molecule has 0 fully saturated rings. The van der Waals surface area contributed by atoms with Crippen LogP contribution in [0.2, 0.25) is 0 Å². The second-order valence-corrected chi connectivity index (χ2v) is 4.87. The van der Waals surface area contributed by atoms with E-state index in [9.17, 15) is 9.59 Å². The molecule has 0 aliphatic rings. The van der Waals surface area contributed by atoms with Crippen molar-refractivity contribution in [2.75, 3.05) is 12.4 Å². The first-order valence-corrected chi connectivity index (χ1v) is 6.26. The van der Waals surface area contributed by atoms with Crippen LogP contribution in [0.15, 0.2) is 18.2 Å². The highest BCUT2D eigenvalue weighted by Gasteiger charge is 2.18. The van der Waals surface area contributed by atoms with Crippen molar-refractivity contribution in [2.45, 2.75) is 26.8 Å². The summed E-state index contributed by atoms with van der Waals surface area (Å²) >= 11 is 0. The molecule has 0 spiro atoms. The van der Waals surface area contributed by atoms with Crippen LogP contribution in [0.5, 0.6) is 0 Å². The third-order valence-corrected chi connectivity index (χ3v) is 2.99. The van der Waals surface area contributed by atoms with Gasteiger partial charge < -0.3 is 16.4 Å². The summed E-state index contributed by atoms with van der Waals surface area (Å²) in [7, 11) is 1.58. The van der Waals surface area contributed by atoms with Gasteiger partial charge in [0.25, 0.3) is 5.91 Å². The van der Waals surface area contributed by atoms with Crippen LogP contribution in [0.1, 0.15) is 29.8 Å². The monoisotopic (exact) mass is 263 g/mol. The van der Waals surface area contributed by atoms with E-state index in [-0.39, 0.29) is 17.7 Å². The highest BCUT2D eigenvalue weighted by atomic mass is 16.2. The molecule has 1 aromatic rings. The smallest absolute Gasteiger partial charge is 0.251 e. The lowest BCUT2D eigenvalue weighted by molar-refractivity contribution is -0.118. The average Bonchev–Trinajstić information content (AvgIpc) is 2.38. The minimum atomic E-state index is -0.544. The topological polar surface area (TPSA) is 84.2 Å². The fourth-order valence-corrected chi connectivity index (χ4v) is 1.61. The summed E-state index contributed by atoms with van der Waals surface area (Å²) in [5.41, 5.74) is 7.84. The normalized spacial score (nSPS) is 12.1. The second-order valence-electron chi connectivity index (χ2n) is 4.87. The summed E-state index contributed by atoms with van der Waals surface area (Å²) in [6.45, 7) is 5.63. The van der Waals surface area contributed by atoms with Crippen molar-refractivity contribution in [3.8, 4) is 0 Å². The molecule has 5 nitrogen and oxygen atoms in total. The first-order valence-electron chi connectivity index (χ1n) is 6.26. The van der Waals surface area contributed by atoms with E-state index in [2.05, 4.69) is 10.6 Å². The van der Waals surface area contributed by atoms with Gasteiger partial charge in [0.15, 0.2) is 0 Å². The van der Waals surface area contributed by atoms with Gasteiger partial charge in [0.05, 0.1) is 6.04 Å². The Morgan fingerprint density at radius 1 is 1.26 bits per heavy atom. The van der Waals surface area contributed by atoms with E-state index in [4.69, 9.17) is 5.73 Å². The maximum atomic E-state index is 11.9. The minimum Gasteiger partial charge on any atom is -0.355 e. The molecular formula is C14H21N3O2. The van der Waals surface area contributed by atoms with Crippen molar-refractivity contribution in [3.05, 3.63) is 29.3 Å². The van der Waals surface area contributed by atoms with Gasteiger partial charge in [-0.05, 0) is 36.6 Å². The average molecular weight is 263 g/mol. The minimum absolute atomic E-state index is 0.0745. The maximum absolute atomic E-state index is 11.9. The molecule has 0 saturated carbocycles. The number of carbonyl (C=O) groups is 2. The Balaban J connectivity index is 2.86. The highest BCUT2D eigenvalue weighted by Crippen LogP contribution is 2.17. The van der Waals surface area contributed by atoms with Crippen LogP contribution in [0.4, 0.5) is 5.69 Å². The lowest BCUT2D eigenvalue weighted by Gasteiger charge is -2.16. The fraction of sp³-hybridized carbons (Fsp3) is 0.429. The first-order chi connectivity index (χ1) is 8.86. The predicted octanol–water partition coefficient (Wildman–Crippen LogP) is 1.28. The largest absolute Gasteiger partial charge is 0.355 e. The van der Waals surface area contributed by atoms with Crippen LogP contribution in [0.25, 0.3) is 0 Å². The molecule has 2 amide bonds. The number of hydrogen-bond donors (Lipinski definition) is 3. The van der Waals surface area contributed by atoms with Crippen molar-refractivity contribution < 1.29 is 9.59 Å². The van der Waals surface area contributed by atoms with Gasteiger partial charge in [0, 0.05) is 18.3 Å². The summed E-state index contributed by atoms with van der Waals surface area (Å²) in [4.78, 5) is 23.3. The first kappa shape index (κ1) is 15.2. The van der Waals surface area contributed by atoms with E-state index in [0.29, 0.717) is 11.3 Å². The van der Waals surface area contributed by atoms with Gasteiger partial charge in [-0.15, -0.1) is 0 Å². The van der Waals surface area contributed by atoms with E-state index in [0.717, 1.165) is 5.56 Å². The maximum Gasteiger partial charge on any atom is 0.251 e. The zero-order chi connectivity index (χ0) is 14.6. The van der Waals surface area contributed by atoms with Gasteiger partial charge >= 0.3 is 0 Å². The van der Waals surface area contributed by atoms with E-state index >= 15 is 0 Å². The molecule has 0 aliphatic carbocycles. The molecule has 5 heteroatoms. The van der Waals surface area contributed by atoms with Gasteiger partial charge in [-0.1, -0.05) is 13.8 Å². The molecule has 1 rings (SSSR count). The summed E-state index contributed by atoms with van der Waals surface area (Å²) < 4.78 is 0. The molecule has 19 heavy (non-hydrogen) atoms. The van der Waals surface area contributed by atoms with Gasteiger partial charge in [0.2, 0.25) is 5.91 Å². The molecule has 0 saturated heterocycles. The Kier molecular flexibility index (Phi) is 5.06. The van der Waals surface area contributed by atoms with Crippen LogP contribution in [0, 0.1) is 12.8 Å². The number of nitrogens with one attached hydrogen (secondary N) is 2. The SMILES string of the molecule is CNC(=O)c1ccc(NC(=O)[C@H](N)C(C)C)c(C)c1. The lowest BCUT2D eigenvalue weighted by atomic mass is 10.0. The van der Waals surface area contributed by atoms with Crippen LogP contribution in [-0.2, 0) is 4.79 Å². The summed E-state index contributed by atoms with van der Waals surface area (Å²) in [6.07, 6.45) is 0. The summed E-state index contributed by atoms with van der Waals surface area (Å²) in [5.74, 6) is -0.295.